The number of nitrogens with zero attached hydrogens (tertiary/aromatic N) is 4. The van der Waals surface area contributed by atoms with E-state index in [-0.39, 0.29) is 5.28 Å². The van der Waals surface area contributed by atoms with Gasteiger partial charge in [0, 0.05) is 19.6 Å². The number of hydrogen-bond donors (Lipinski definition) is 1. The normalized spacial score (nSPS) is 26.4. The van der Waals surface area contributed by atoms with Gasteiger partial charge in [0.1, 0.15) is 0 Å². The summed E-state index contributed by atoms with van der Waals surface area (Å²) in [4.78, 5) is 15.0. The number of nitrogens with one attached hydrogen (secondary N) is 1. The molecule has 2 unspecified atom stereocenters. The fourth-order valence-corrected chi connectivity index (χ4v) is 2.54. The van der Waals surface area contributed by atoms with Crippen LogP contribution < -0.4 is 10.2 Å². The Balaban J connectivity index is 1.68. The van der Waals surface area contributed by atoms with Crippen LogP contribution in [0.3, 0.4) is 0 Å². The van der Waals surface area contributed by atoms with Crippen LogP contribution in [0.4, 0.5) is 11.9 Å². The van der Waals surface area contributed by atoms with Gasteiger partial charge in [-0.1, -0.05) is 6.92 Å². The van der Waals surface area contributed by atoms with Crippen LogP contribution in [0, 0.1) is 11.8 Å². The van der Waals surface area contributed by atoms with E-state index >= 15 is 0 Å². The zero-order valence-electron chi connectivity index (χ0n) is 10.6. The van der Waals surface area contributed by atoms with E-state index < -0.39 is 0 Å². The predicted molar refractivity (Wildman–Crippen MR) is 72.0 cm³/mol. The Bertz CT molecular complexity index is 432. The highest BCUT2D eigenvalue weighted by molar-refractivity contribution is 6.28. The monoisotopic (exact) mass is 267 g/mol. The maximum absolute atomic E-state index is 5.96. The third-order valence-corrected chi connectivity index (χ3v) is 3.95. The van der Waals surface area contributed by atoms with E-state index in [1.807, 2.05) is 0 Å². The predicted octanol–water partition coefficient (Wildman–Crippen LogP) is 2.19. The summed E-state index contributed by atoms with van der Waals surface area (Å²) >= 11 is 5.96. The summed E-state index contributed by atoms with van der Waals surface area (Å²) in [6.45, 7) is 5.22. The first-order valence-electron chi connectivity index (χ1n) is 6.63. The molecule has 0 spiro atoms. The summed E-state index contributed by atoms with van der Waals surface area (Å²) in [6, 6.07) is 0. The highest BCUT2D eigenvalue weighted by Gasteiger charge is 2.32. The van der Waals surface area contributed by atoms with Crippen LogP contribution in [0.15, 0.2) is 0 Å². The van der Waals surface area contributed by atoms with Crippen molar-refractivity contribution in [2.24, 2.45) is 11.8 Å². The minimum absolute atomic E-state index is 0.276. The van der Waals surface area contributed by atoms with E-state index in [4.69, 9.17) is 11.6 Å². The minimum atomic E-state index is 0.276. The van der Waals surface area contributed by atoms with Gasteiger partial charge in [0.05, 0.1) is 0 Å². The topological polar surface area (TPSA) is 53.9 Å². The first kappa shape index (κ1) is 12.0. The van der Waals surface area contributed by atoms with Crippen molar-refractivity contribution in [2.45, 2.75) is 26.2 Å². The van der Waals surface area contributed by atoms with Crippen molar-refractivity contribution in [3.8, 4) is 0 Å². The Hall–Kier alpha value is -1.10. The standard InChI is InChI=1S/C12H18ClN5/c1-8-6-9(8)7-14-11-15-10(13)16-12(17-11)18-4-2-3-5-18/h8-9H,2-7H2,1H3,(H,14,15,16,17). The molecule has 98 valence electrons. The molecule has 1 aromatic heterocycles. The van der Waals surface area contributed by atoms with Gasteiger partial charge in [-0.15, -0.1) is 0 Å². The maximum atomic E-state index is 5.96. The molecule has 5 nitrogen and oxygen atoms in total. The van der Waals surface area contributed by atoms with E-state index in [9.17, 15) is 0 Å². The lowest BCUT2D eigenvalue weighted by molar-refractivity contribution is 0.777. The highest BCUT2D eigenvalue weighted by atomic mass is 35.5. The SMILES string of the molecule is CC1CC1CNc1nc(Cl)nc(N2CCCC2)n1. The molecule has 18 heavy (non-hydrogen) atoms. The second-order valence-corrected chi connectivity index (χ2v) is 5.61. The van der Waals surface area contributed by atoms with Crippen LogP contribution in [0.1, 0.15) is 26.2 Å². The summed E-state index contributed by atoms with van der Waals surface area (Å²) in [5.41, 5.74) is 0. The first-order valence-corrected chi connectivity index (χ1v) is 7.00. The average molecular weight is 268 g/mol. The molecule has 1 N–H and O–H groups in total. The number of anilines is 2. The molecule has 0 bridgehead atoms. The molecular formula is C12H18ClN5. The van der Waals surface area contributed by atoms with Gasteiger partial charge in [0.15, 0.2) is 0 Å². The van der Waals surface area contributed by atoms with Crippen LogP contribution in [-0.2, 0) is 0 Å². The van der Waals surface area contributed by atoms with Gasteiger partial charge in [-0.3, -0.25) is 0 Å². The summed E-state index contributed by atoms with van der Waals surface area (Å²) in [6.07, 6.45) is 3.70. The molecule has 1 aromatic rings. The Labute approximate surface area is 112 Å². The lowest BCUT2D eigenvalue weighted by Gasteiger charge is -2.15. The summed E-state index contributed by atoms with van der Waals surface area (Å²) in [5, 5.41) is 3.54. The molecule has 1 aliphatic carbocycles. The third-order valence-electron chi connectivity index (χ3n) is 3.78. The first-order chi connectivity index (χ1) is 8.72. The molecule has 3 rings (SSSR count). The van der Waals surface area contributed by atoms with E-state index in [1.54, 1.807) is 0 Å². The molecule has 1 aliphatic heterocycles. The second-order valence-electron chi connectivity index (χ2n) is 5.28. The molecule has 2 fully saturated rings. The fraction of sp³-hybridized carbons (Fsp3) is 0.750. The van der Waals surface area contributed by atoms with Crippen molar-refractivity contribution >= 4 is 23.5 Å². The van der Waals surface area contributed by atoms with Gasteiger partial charge in [0.25, 0.3) is 0 Å². The molecule has 1 saturated heterocycles. The van der Waals surface area contributed by atoms with Crippen molar-refractivity contribution in [3.05, 3.63) is 5.28 Å². The lowest BCUT2D eigenvalue weighted by atomic mass is 10.3. The largest absolute Gasteiger partial charge is 0.354 e. The maximum Gasteiger partial charge on any atom is 0.231 e. The lowest BCUT2D eigenvalue weighted by Crippen LogP contribution is -2.21. The van der Waals surface area contributed by atoms with Crippen molar-refractivity contribution in [1.82, 2.24) is 15.0 Å². The van der Waals surface area contributed by atoms with Crippen LogP contribution >= 0.6 is 11.6 Å². The van der Waals surface area contributed by atoms with Gasteiger partial charge < -0.3 is 10.2 Å². The third kappa shape index (κ3) is 2.66. The number of aromatic nitrogens is 3. The smallest absolute Gasteiger partial charge is 0.231 e. The van der Waals surface area contributed by atoms with Crippen molar-refractivity contribution in [1.29, 1.82) is 0 Å². The molecule has 2 heterocycles. The van der Waals surface area contributed by atoms with Gasteiger partial charge in [0.2, 0.25) is 17.2 Å². The van der Waals surface area contributed by atoms with E-state index in [0.29, 0.717) is 11.9 Å². The molecular weight excluding hydrogens is 250 g/mol. The van der Waals surface area contributed by atoms with E-state index in [0.717, 1.165) is 31.5 Å². The van der Waals surface area contributed by atoms with Gasteiger partial charge in [-0.2, -0.15) is 15.0 Å². The highest BCUT2D eigenvalue weighted by Crippen LogP contribution is 2.37. The zero-order chi connectivity index (χ0) is 12.5. The van der Waals surface area contributed by atoms with Crippen LogP contribution in [0.2, 0.25) is 5.28 Å². The number of rotatable bonds is 4. The molecule has 6 heteroatoms. The molecule has 2 atom stereocenters. The van der Waals surface area contributed by atoms with E-state index in [2.05, 4.69) is 32.1 Å². The molecule has 0 amide bonds. The Morgan fingerprint density at radius 3 is 2.67 bits per heavy atom. The molecule has 1 saturated carbocycles. The average Bonchev–Trinajstić information content (AvgIpc) is 2.83. The van der Waals surface area contributed by atoms with Crippen molar-refractivity contribution in [2.75, 3.05) is 29.9 Å². The second kappa shape index (κ2) is 4.88. The summed E-state index contributed by atoms with van der Waals surface area (Å²) in [7, 11) is 0. The number of hydrogen-bond acceptors (Lipinski definition) is 5. The molecule has 2 aliphatic rings. The quantitative estimate of drug-likeness (QED) is 0.906. The Kier molecular flexibility index (Phi) is 3.24. The summed E-state index contributed by atoms with van der Waals surface area (Å²) in [5.74, 6) is 2.90. The Morgan fingerprint density at radius 1 is 1.28 bits per heavy atom. The Morgan fingerprint density at radius 2 is 2.00 bits per heavy atom. The van der Waals surface area contributed by atoms with Crippen LogP contribution in [0.5, 0.6) is 0 Å². The van der Waals surface area contributed by atoms with Gasteiger partial charge in [-0.25, -0.2) is 0 Å². The minimum Gasteiger partial charge on any atom is -0.354 e. The van der Waals surface area contributed by atoms with Crippen molar-refractivity contribution < 1.29 is 0 Å². The molecule has 0 radical (unpaired) electrons. The number of halogens is 1. The fourth-order valence-electron chi connectivity index (χ4n) is 2.38. The van der Waals surface area contributed by atoms with Crippen LogP contribution in [0.25, 0.3) is 0 Å². The van der Waals surface area contributed by atoms with Crippen molar-refractivity contribution in [3.63, 3.8) is 0 Å². The van der Waals surface area contributed by atoms with Gasteiger partial charge >= 0.3 is 0 Å². The molecule has 0 aromatic carbocycles. The zero-order valence-corrected chi connectivity index (χ0v) is 11.3. The van der Waals surface area contributed by atoms with E-state index in [1.165, 1.54) is 19.3 Å². The van der Waals surface area contributed by atoms with Gasteiger partial charge in [-0.05, 0) is 42.7 Å². The summed E-state index contributed by atoms with van der Waals surface area (Å²) < 4.78 is 0. The van der Waals surface area contributed by atoms with Crippen LogP contribution in [-0.4, -0.2) is 34.6 Å².